The summed E-state index contributed by atoms with van der Waals surface area (Å²) >= 11 is 0. The Kier molecular flexibility index (Phi) is 1.77. The maximum Gasteiger partial charge on any atom is 0.262 e. The van der Waals surface area contributed by atoms with Gasteiger partial charge in [0, 0.05) is 17.9 Å². The molecule has 0 saturated heterocycles. The molecule has 0 unspecified atom stereocenters. The van der Waals surface area contributed by atoms with Crippen molar-refractivity contribution in [2.45, 2.75) is 0 Å². The highest BCUT2D eigenvalue weighted by atomic mass is 16.2. The summed E-state index contributed by atoms with van der Waals surface area (Å²) < 4.78 is 1.43. The largest absolute Gasteiger partial charge is 0.268 e. The molecule has 1 aliphatic heterocycles. The molecule has 62 valence electrons. The minimum atomic E-state index is -0.227. The number of nitrogens with zero attached hydrogens (tertiary/aromatic N) is 2. The second kappa shape index (κ2) is 2.93. The number of fused-ring (bicyclic) bond motifs is 1. The second-order valence-electron chi connectivity index (χ2n) is 2.57. The average Bonchev–Trinajstić information content (AvgIpc) is 2.39. The number of hydrogen-bond donors (Lipinski definition) is 1. The molecule has 0 aliphatic carbocycles. The number of rotatable bonds is 0. The first kappa shape index (κ1) is 7.85. The van der Waals surface area contributed by atoms with Gasteiger partial charge in [-0.2, -0.15) is 0 Å². The molecule has 0 spiro atoms. The standard InChI is InChI=1S/C8H6BN3O/c9-6-5-10-7-3-1-2-4-8(13)11-12(6)7/h1-5H,(H,11,13). The lowest BCUT2D eigenvalue weighted by Crippen LogP contribution is -2.31. The minimum absolute atomic E-state index is 0.227. The fraction of sp³-hybridized carbons (Fsp3) is 0. The number of imidazole rings is 1. The Morgan fingerprint density at radius 2 is 2.15 bits per heavy atom. The number of amides is 1. The molecule has 1 amide bonds. The van der Waals surface area contributed by atoms with Crippen LogP contribution in [0.25, 0.3) is 6.08 Å². The van der Waals surface area contributed by atoms with Crippen molar-refractivity contribution >= 4 is 25.4 Å². The third kappa shape index (κ3) is 1.40. The van der Waals surface area contributed by atoms with E-state index in [1.54, 1.807) is 18.2 Å². The quantitative estimate of drug-likeness (QED) is 0.526. The van der Waals surface area contributed by atoms with E-state index in [1.807, 2.05) is 0 Å². The van der Waals surface area contributed by atoms with Gasteiger partial charge in [-0.1, -0.05) is 12.2 Å². The van der Waals surface area contributed by atoms with Crippen LogP contribution in [0.2, 0.25) is 0 Å². The van der Waals surface area contributed by atoms with Crippen LogP contribution in [-0.4, -0.2) is 23.4 Å². The smallest absolute Gasteiger partial charge is 0.262 e. The fourth-order valence-corrected chi connectivity index (χ4v) is 1.05. The summed E-state index contributed by atoms with van der Waals surface area (Å²) in [6, 6.07) is 0. The number of hydrogen-bond acceptors (Lipinski definition) is 2. The van der Waals surface area contributed by atoms with E-state index in [-0.39, 0.29) is 5.91 Å². The van der Waals surface area contributed by atoms with Gasteiger partial charge in [0.2, 0.25) is 0 Å². The van der Waals surface area contributed by atoms with Gasteiger partial charge in [0.1, 0.15) is 7.85 Å². The zero-order valence-corrected chi connectivity index (χ0v) is 6.77. The van der Waals surface area contributed by atoms with Crippen LogP contribution in [0.15, 0.2) is 24.4 Å². The first-order chi connectivity index (χ1) is 6.27. The third-order valence-corrected chi connectivity index (χ3v) is 1.64. The number of carbonyl (C=O) groups excluding carboxylic acids is 1. The molecule has 2 heterocycles. The molecule has 4 nitrogen and oxygen atoms in total. The molecule has 0 fully saturated rings. The van der Waals surface area contributed by atoms with Gasteiger partial charge in [-0.25, -0.2) is 9.66 Å². The zero-order chi connectivity index (χ0) is 9.26. The van der Waals surface area contributed by atoms with E-state index < -0.39 is 0 Å². The van der Waals surface area contributed by atoms with Crippen LogP contribution in [0.3, 0.4) is 0 Å². The number of nitrogens with one attached hydrogen (secondary N) is 1. The predicted octanol–water partition coefficient (Wildman–Crippen LogP) is -0.670. The highest BCUT2D eigenvalue weighted by molar-refractivity contribution is 6.31. The molecule has 0 atom stereocenters. The molecular weight excluding hydrogens is 165 g/mol. The lowest BCUT2D eigenvalue weighted by molar-refractivity contribution is -0.112. The van der Waals surface area contributed by atoms with Crippen LogP contribution in [0.5, 0.6) is 0 Å². The Morgan fingerprint density at radius 3 is 3.00 bits per heavy atom. The summed E-state index contributed by atoms with van der Waals surface area (Å²) in [5.74, 6) is 0.380. The van der Waals surface area contributed by atoms with Crippen molar-refractivity contribution in [2.75, 3.05) is 5.43 Å². The first-order valence-corrected chi connectivity index (χ1v) is 3.76. The SMILES string of the molecule is [B]c1cnc2n1NC(=O)C=CC=C2. The molecule has 0 saturated carbocycles. The van der Waals surface area contributed by atoms with Gasteiger partial charge >= 0.3 is 0 Å². The highest BCUT2D eigenvalue weighted by Crippen LogP contribution is 1.98. The Morgan fingerprint density at radius 1 is 1.38 bits per heavy atom. The van der Waals surface area contributed by atoms with E-state index in [0.29, 0.717) is 11.4 Å². The van der Waals surface area contributed by atoms with Gasteiger partial charge in [-0.15, -0.1) is 0 Å². The molecule has 1 aromatic rings. The average molecular weight is 171 g/mol. The van der Waals surface area contributed by atoms with E-state index >= 15 is 0 Å². The molecule has 0 bridgehead atoms. The lowest BCUT2D eigenvalue weighted by atomic mass is 10.1. The number of carbonyl (C=O) groups is 1. The van der Waals surface area contributed by atoms with Crippen LogP contribution in [-0.2, 0) is 4.79 Å². The van der Waals surface area contributed by atoms with Crippen molar-refractivity contribution in [1.29, 1.82) is 0 Å². The van der Waals surface area contributed by atoms with Crippen LogP contribution in [0.1, 0.15) is 5.82 Å². The second-order valence-corrected chi connectivity index (χ2v) is 2.57. The molecule has 5 heteroatoms. The van der Waals surface area contributed by atoms with E-state index in [2.05, 4.69) is 10.4 Å². The van der Waals surface area contributed by atoms with Crippen LogP contribution in [0.4, 0.5) is 0 Å². The Labute approximate surface area is 76.3 Å². The van der Waals surface area contributed by atoms with Gasteiger partial charge in [-0.05, 0) is 6.08 Å². The van der Waals surface area contributed by atoms with Crippen molar-refractivity contribution in [2.24, 2.45) is 0 Å². The van der Waals surface area contributed by atoms with E-state index in [1.165, 1.54) is 16.9 Å². The lowest BCUT2D eigenvalue weighted by Gasteiger charge is -2.09. The predicted molar refractivity (Wildman–Crippen MR) is 50.2 cm³/mol. The van der Waals surface area contributed by atoms with E-state index in [0.717, 1.165) is 0 Å². The summed E-state index contributed by atoms with van der Waals surface area (Å²) in [6.07, 6.45) is 8.04. The molecule has 1 aliphatic rings. The summed E-state index contributed by atoms with van der Waals surface area (Å²) in [5, 5.41) is 0. The van der Waals surface area contributed by atoms with Crippen molar-refractivity contribution < 1.29 is 4.79 Å². The number of allylic oxidation sites excluding steroid dienone is 2. The Hall–Kier alpha value is -1.78. The first-order valence-electron chi connectivity index (χ1n) is 3.76. The molecule has 13 heavy (non-hydrogen) atoms. The van der Waals surface area contributed by atoms with Crippen LogP contribution in [0, 0.1) is 0 Å². The van der Waals surface area contributed by atoms with Crippen LogP contribution >= 0.6 is 0 Å². The summed E-state index contributed by atoms with van der Waals surface area (Å²) in [4.78, 5) is 15.1. The van der Waals surface area contributed by atoms with E-state index in [4.69, 9.17) is 7.85 Å². The maximum atomic E-state index is 11.1. The number of aromatic nitrogens is 2. The third-order valence-electron chi connectivity index (χ3n) is 1.64. The van der Waals surface area contributed by atoms with Gasteiger partial charge in [0.15, 0.2) is 5.82 Å². The molecule has 2 radical (unpaired) electrons. The summed E-state index contributed by atoms with van der Waals surface area (Å²) in [7, 11) is 5.57. The summed E-state index contributed by atoms with van der Waals surface area (Å²) in [5.41, 5.74) is 2.97. The van der Waals surface area contributed by atoms with Gasteiger partial charge in [0.05, 0.1) is 0 Å². The maximum absolute atomic E-state index is 11.1. The van der Waals surface area contributed by atoms with Gasteiger partial charge in [-0.3, -0.25) is 10.2 Å². The van der Waals surface area contributed by atoms with Crippen molar-refractivity contribution in [3.8, 4) is 0 Å². The zero-order valence-electron chi connectivity index (χ0n) is 6.77. The minimum Gasteiger partial charge on any atom is -0.268 e. The molecule has 0 aromatic carbocycles. The van der Waals surface area contributed by atoms with E-state index in [9.17, 15) is 4.79 Å². The molecular formula is C8H6BN3O. The Balaban J connectivity index is 2.51. The van der Waals surface area contributed by atoms with Crippen molar-refractivity contribution in [1.82, 2.24) is 9.66 Å². The molecule has 2 rings (SSSR count). The van der Waals surface area contributed by atoms with Gasteiger partial charge < -0.3 is 0 Å². The Bertz CT molecular complexity index is 406. The van der Waals surface area contributed by atoms with Crippen molar-refractivity contribution in [3.63, 3.8) is 0 Å². The monoisotopic (exact) mass is 171 g/mol. The normalized spacial score (nSPS) is 14.6. The summed E-state index contributed by atoms with van der Waals surface area (Å²) in [6.45, 7) is 0. The molecule has 1 N–H and O–H groups in total. The van der Waals surface area contributed by atoms with Crippen LogP contribution < -0.4 is 11.0 Å². The molecule has 1 aromatic heterocycles. The van der Waals surface area contributed by atoms with Gasteiger partial charge in [0.25, 0.3) is 5.91 Å². The van der Waals surface area contributed by atoms with Crippen molar-refractivity contribution in [3.05, 3.63) is 30.2 Å². The highest BCUT2D eigenvalue weighted by Gasteiger charge is 2.06. The fourth-order valence-electron chi connectivity index (χ4n) is 1.05. The topological polar surface area (TPSA) is 46.9 Å².